The van der Waals surface area contributed by atoms with Crippen LogP contribution in [-0.4, -0.2) is 61.9 Å². The summed E-state index contributed by atoms with van der Waals surface area (Å²) in [5.74, 6) is -2.55. The van der Waals surface area contributed by atoms with Crippen molar-refractivity contribution in [3.63, 3.8) is 0 Å². The molecule has 196 valence electrons. The van der Waals surface area contributed by atoms with Crippen molar-refractivity contribution in [2.45, 2.75) is 47.2 Å². The molecule has 2 N–H and O–H groups in total. The van der Waals surface area contributed by atoms with Crippen molar-refractivity contribution in [3.8, 4) is 0 Å². The molecule has 3 fully saturated rings. The second-order valence-electron chi connectivity index (χ2n) is 9.69. The number of ether oxygens (including phenoxy) is 1. The zero-order chi connectivity index (χ0) is 26.5. The zero-order valence-corrected chi connectivity index (χ0v) is 23.6. The molecule has 10 heteroatoms. The summed E-state index contributed by atoms with van der Waals surface area (Å²) >= 11 is 11.7. The molecule has 2 aromatic rings. The number of esters is 1. The number of anilines is 1. The van der Waals surface area contributed by atoms with Gasteiger partial charge in [0.15, 0.2) is 0 Å². The number of rotatable bonds is 7. The number of fused-ring (bicyclic) bond motifs is 1. The number of likely N-dealkylation sites (tertiary alicyclic amines) is 1. The van der Waals surface area contributed by atoms with E-state index in [0.29, 0.717) is 22.7 Å². The van der Waals surface area contributed by atoms with Gasteiger partial charge < -0.3 is 20.1 Å². The van der Waals surface area contributed by atoms with Gasteiger partial charge in [0.2, 0.25) is 11.8 Å². The number of thioether (sulfide) groups is 1. The van der Waals surface area contributed by atoms with Crippen LogP contribution < -0.4 is 5.32 Å². The van der Waals surface area contributed by atoms with Crippen LogP contribution in [0.1, 0.15) is 30.5 Å². The molecular formula is C27H28BrClN2O5S. The van der Waals surface area contributed by atoms with Crippen molar-refractivity contribution in [2.24, 2.45) is 11.8 Å². The van der Waals surface area contributed by atoms with Gasteiger partial charge in [-0.1, -0.05) is 70.0 Å². The molecular weight excluding hydrogens is 580 g/mol. The maximum atomic E-state index is 14.2. The van der Waals surface area contributed by atoms with E-state index in [1.54, 1.807) is 19.1 Å². The molecule has 2 amide bonds. The van der Waals surface area contributed by atoms with Gasteiger partial charge in [-0.05, 0) is 37.5 Å². The first-order valence-electron chi connectivity index (χ1n) is 12.3. The second kappa shape index (κ2) is 10.2. The molecule has 7 nitrogen and oxygen atoms in total. The lowest BCUT2D eigenvalue weighted by molar-refractivity contribution is -0.154. The summed E-state index contributed by atoms with van der Waals surface area (Å²) in [7, 11) is 0. The molecule has 2 bridgehead atoms. The monoisotopic (exact) mass is 606 g/mol. The number of carbonyl (C=O) groups is 3. The first-order valence-corrected chi connectivity index (χ1v) is 14.4. The van der Waals surface area contributed by atoms with E-state index in [4.69, 9.17) is 16.3 Å². The standard InChI is InChI=1S/C27H28BrClN2O5S/c1-3-36-26(35)19-20-25(34)31(18(13-32)15-9-5-4-6-10-15)23(27(20)12-16(28)22(19)37-27)24(33)30-21-14(2)8-7-11-17(21)29/h4-11,16,18-20,22-23,32H,3,12-13H2,1-2H3,(H,30,33)/t16?,18-,19+,20+,22+,23?,27?/m1/s1. The molecule has 37 heavy (non-hydrogen) atoms. The third-order valence-electron chi connectivity index (χ3n) is 7.70. The molecule has 3 heterocycles. The first kappa shape index (κ1) is 26.5. The van der Waals surface area contributed by atoms with Crippen LogP contribution in [0, 0.1) is 18.8 Å². The van der Waals surface area contributed by atoms with Gasteiger partial charge in [0.1, 0.15) is 6.04 Å². The van der Waals surface area contributed by atoms with Crippen molar-refractivity contribution in [1.82, 2.24) is 4.90 Å². The number of hydrogen-bond acceptors (Lipinski definition) is 6. The van der Waals surface area contributed by atoms with E-state index >= 15 is 0 Å². The number of para-hydroxylation sites is 1. The highest BCUT2D eigenvalue weighted by Gasteiger charge is 2.76. The fraction of sp³-hybridized carbons (Fsp3) is 0.444. The number of aliphatic hydroxyl groups excluding tert-OH is 1. The average Bonchev–Trinajstić information content (AvgIpc) is 3.46. The number of nitrogens with zero attached hydrogens (tertiary/aromatic N) is 1. The van der Waals surface area contributed by atoms with E-state index in [1.807, 2.05) is 43.3 Å². The van der Waals surface area contributed by atoms with Crippen LogP contribution in [0.25, 0.3) is 0 Å². The highest BCUT2D eigenvalue weighted by atomic mass is 79.9. The molecule has 2 aromatic carbocycles. The van der Waals surface area contributed by atoms with Gasteiger partial charge in [0.05, 0.1) is 46.5 Å². The van der Waals surface area contributed by atoms with E-state index in [1.165, 1.54) is 16.7 Å². The maximum Gasteiger partial charge on any atom is 0.310 e. The predicted molar refractivity (Wildman–Crippen MR) is 147 cm³/mol. The Bertz CT molecular complexity index is 1210. The van der Waals surface area contributed by atoms with E-state index < -0.39 is 40.5 Å². The largest absolute Gasteiger partial charge is 0.466 e. The van der Waals surface area contributed by atoms with E-state index in [0.717, 1.165) is 5.56 Å². The van der Waals surface area contributed by atoms with Crippen molar-refractivity contribution < 1.29 is 24.2 Å². The molecule has 3 saturated heterocycles. The van der Waals surface area contributed by atoms with Crippen LogP contribution in [0.3, 0.4) is 0 Å². The summed E-state index contributed by atoms with van der Waals surface area (Å²) in [4.78, 5) is 43.0. The normalized spacial score (nSPS) is 30.8. The number of benzene rings is 2. The van der Waals surface area contributed by atoms with E-state index in [-0.39, 0.29) is 29.2 Å². The van der Waals surface area contributed by atoms with Crippen molar-refractivity contribution in [1.29, 1.82) is 0 Å². The zero-order valence-electron chi connectivity index (χ0n) is 20.4. The Balaban J connectivity index is 1.63. The van der Waals surface area contributed by atoms with Gasteiger partial charge in [-0.2, -0.15) is 0 Å². The number of nitrogens with one attached hydrogen (secondary N) is 1. The number of aliphatic hydroxyl groups is 1. The summed E-state index contributed by atoms with van der Waals surface area (Å²) in [5, 5.41) is 13.7. The number of hydrogen-bond donors (Lipinski definition) is 2. The molecule has 0 radical (unpaired) electrons. The minimum atomic E-state index is -0.937. The lowest BCUT2D eigenvalue weighted by Gasteiger charge is -2.37. The molecule has 0 aliphatic carbocycles. The Hall–Kier alpha value is -2.07. The average molecular weight is 608 g/mol. The Morgan fingerprint density at radius 1 is 1.27 bits per heavy atom. The van der Waals surface area contributed by atoms with Crippen LogP contribution in [0.2, 0.25) is 5.02 Å². The minimum Gasteiger partial charge on any atom is -0.466 e. The fourth-order valence-electron chi connectivity index (χ4n) is 6.22. The fourth-order valence-corrected chi connectivity index (χ4v) is 10.1. The van der Waals surface area contributed by atoms with Gasteiger partial charge in [0, 0.05) is 10.1 Å². The molecule has 0 aromatic heterocycles. The Labute approximate surface area is 233 Å². The van der Waals surface area contributed by atoms with Crippen molar-refractivity contribution >= 4 is 62.8 Å². The third kappa shape index (κ3) is 4.18. The molecule has 0 saturated carbocycles. The van der Waals surface area contributed by atoms with Gasteiger partial charge in [0.25, 0.3) is 0 Å². The van der Waals surface area contributed by atoms with Crippen LogP contribution >= 0.6 is 39.3 Å². The van der Waals surface area contributed by atoms with Crippen LogP contribution in [-0.2, 0) is 19.1 Å². The van der Waals surface area contributed by atoms with Crippen molar-refractivity contribution in [2.75, 3.05) is 18.5 Å². The Kier molecular flexibility index (Phi) is 7.35. The van der Waals surface area contributed by atoms with Gasteiger partial charge in [-0.25, -0.2) is 0 Å². The summed E-state index contributed by atoms with van der Waals surface area (Å²) in [6.07, 6.45) is 0.525. The maximum absolute atomic E-state index is 14.2. The van der Waals surface area contributed by atoms with Crippen LogP contribution in [0.5, 0.6) is 0 Å². The highest BCUT2D eigenvalue weighted by Crippen LogP contribution is 2.68. The Morgan fingerprint density at radius 3 is 2.65 bits per heavy atom. The number of carbonyl (C=O) groups excluding carboxylic acids is 3. The lowest BCUT2D eigenvalue weighted by atomic mass is 9.71. The summed E-state index contributed by atoms with van der Waals surface area (Å²) in [6, 6.07) is 12.8. The van der Waals surface area contributed by atoms with E-state index in [9.17, 15) is 19.5 Å². The van der Waals surface area contributed by atoms with Gasteiger partial charge in [-0.15, -0.1) is 11.8 Å². The molecule has 5 rings (SSSR count). The minimum absolute atomic E-state index is 0.0717. The smallest absolute Gasteiger partial charge is 0.310 e. The summed E-state index contributed by atoms with van der Waals surface area (Å²) in [5.41, 5.74) is 1.99. The SMILES string of the molecule is CCOC(=O)[C@H]1[C@H]2C(=O)N([C@H](CO)c3ccccc3)C(C(=O)Nc3c(C)cccc3Cl)C23CC(Br)[C@@H]1S3. The number of halogens is 2. The lowest BCUT2D eigenvalue weighted by Crippen LogP contribution is -2.53. The predicted octanol–water partition coefficient (Wildman–Crippen LogP) is 4.35. The van der Waals surface area contributed by atoms with Gasteiger partial charge >= 0.3 is 5.97 Å². The Morgan fingerprint density at radius 2 is 2.00 bits per heavy atom. The number of aryl methyl sites for hydroxylation is 1. The van der Waals surface area contributed by atoms with Crippen LogP contribution in [0.15, 0.2) is 48.5 Å². The third-order valence-corrected chi connectivity index (χ3v) is 11.2. The second-order valence-corrected chi connectivity index (χ2v) is 12.8. The number of alkyl halides is 1. The first-order chi connectivity index (χ1) is 17.7. The van der Waals surface area contributed by atoms with Gasteiger partial charge in [-0.3, -0.25) is 14.4 Å². The topological polar surface area (TPSA) is 95.9 Å². The molecule has 1 spiro atoms. The summed E-state index contributed by atoms with van der Waals surface area (Å²) < 4.78 is 4.53. The molecule has 7 atom stereocenters. The van der Waals surface area contributed by atoms with E-state index in [2.05, 4.69) is 21.2 Å². The highest BCUT2D eigenvalue weighted by molar-refractivity contribution is 9.09. The molecule has 3 aliphatic rings. The summed E-state index contributed by atoms with van der Waals surface area (Å²) in [6.45, 7) is 3.42. The molecule has 3 unspecified atom stereocenters. The number of amides is 2. The quantitative estimate of drug-likeness (QED) is 0.359. The van der Waals surface area contributed by atoms with Crippen molar-refractivity contribution in [3.05, 3.63) is 64.7 Å². The molecule has 3 aliphatic heterocycles. The van der Waals surface area contributed by atoms with Crippen LogP contribution in [0.4, 0.5) is 5.69 Å².